The number of anilines is 1. The number of rotatable bonds is 7. The van der Waals surface area contributed by atoms with Crippen LogP contribution in [0.3, 0.4) is 0 Å². The van der Waals surface area contributed by atoms with E-state index >= 15 is 0 Å². The molecule has 1 atom stereocenters. The molecular weight excluding hydrogens is 366 g/mol. The van der Waals surface area contributed by atoms with Gasteiger partial charge in [-0.25, -0.2) is 4.79 Å². The lowest BCUT2D eigenvalue weighted by atomic mass is 9.95. The van der Waals surface area contributed by atoms with Crippen molar-refractivity contribution in [2.45, 2.75) is 26.2 Å². The first-order chi connectivity index (χ1) is 13.2. The third kappa shape index (κ3) is 5.57. The largest absolute Gasteiger partial charge is 0.494 e. The van der Waals surface area contributed by atoms with Gasteiger partial charge in [-0.3, -0.25) is 0 Å². The van der Waals surface area contributed by atoms with Gasteiger partial charge < -0.3 is 14.4 Å². The fraction of sp³-hybridized carbons (Fsp3) is 0.450. The number of hydrogen-bond acceptors (Lipinski definition) is 6. The number of carbonyl (C=O) groups excluding carboxylic acids is 1. The summed E-state index contributed by atoms with van der Waals surface area (Å²) in [5.74, 6) is 1.88. The maximum atomic E-state index is 11.7. The van der Waals surface area contributed by atoms with Crippen LogP contribution in [0.25, 0.3) is 0 Å². The van der Waals surface area contributed by atoms with Crippen molar-refractivity contribution in [2.75, 3.05) is 31.2 Å². The van der Waals surface area contributed by atoms with Crippen LogP contribution in [0.2, 0.25) is 5.15 Å². The van der Waals surface area contributed by atoms with Gasteiger partial charge in [-0.15, -0.1) is 10.2 Å². The minimum Gasteiger partial charge on any atom is -0.494 e. The van der Waals surface area contributed by atoms with Crippen LogP contribution >= 0.6 is 11.6 Å². The molecule has 3 rings (SSSR count). The minimum atomic E-state index is -0.309. The summed E-state index contributed by atoms with van der Waals surface area (Å²) in [7, 11) is 0. The smallest absolute Gasteiger partial charge is 0.338 e. The van der Waals surface area contributed by atoms with E-state index in [-0.39, 0.29) is 5.97 Å². The number of aromatic nitrogens is 2. The van der Waals surface area contributed by atoms with Gasteiger partial charge in [-0.1, -0.05) is 11.6 Å². The Bertz CT molecular complexity index is 737. The molecule has 0 radical (unpaired) electrons. The number of piperidine rings is 1. The van der Waals surface area contributed by atoms with E-state index in [9.17, 15) is 4.79 Å². The van der Waals surface area contributed by atoms with Crippen molar-refractivity contribution in [3.63, 3.8) is 0 Å². The van der Waals surface area contributed by atoms with Crippen molar-refractivity contribution in [1.29, 1.82) is 0 Å². The highest BCUT2D eigenvalue weighted by Crippen LogP contribution is 2.24. The van der Waals surface area contributed by atoms with Gasteiger partial charge in [-0.05, 0) is 68.5 Å². The van der Waals surface area contributed by atoms with E-state index in [4.69, 9.17) is 21.1 Å². The van der Waals surface area contributed by atoms with Gasteiger partial charge in [0.1, 0.15) is 5.75 Å². The molecule has 1 aromatic heterocycles. The Hall–Kier alpha value is -2.34. The molecule has 1 aromatic carbocycles. The molecule has 2 heterocycles. The van der Waals surface area contributed by atoms with Gasteiger partial charge in [0.05, 0.1) is 18.8 Å². The fourth-order valence-electron chi connectivity index (χ4n) is 3.23. The highest BCUT2D eigenvalue weighted by atomic mass is 35.5. The van der Waals surface area contributed by atoms with Gasteiger partial charge in [0.15, 0.2) is 11.0 Å². The number of hydrogen-bond donors (Lipinski definition) is 0. The van der Waals surface area contributed by atoms with E-state index in [1.165, 1.54) is 6.42 Å². The van der Waals surface area contributed by atoms with Gasteiger partial charge in [-0.2, -0.15) is 0 Å². The summed E-state index contributed by atoms with van der Waals surface area (Å²) in [6.07, 6.45) is 3.28. The lowest BCUT2D eigenvalue weighted by Gasteiger charge is -2.33. The van der Waals surface area contributed by atoms with E-state index in [1.54, 1.807) is 25.1 Å². The zero-order valence-corrected chi connectivity index (χ0v) is 16.2. The Morgan fingerprint density at radius 3 is 2.74 bits per heavy atom. The van der Waals surface area contributed by atoms with Crippen LogP contribution < -0.4 is 9.64 Å². The third-order valence-corrected chi connectivity index (χ3v) is 4.82. The van der Waals surface area contributed by atoms with Gasteiger partial charge >= 0.3 is 5.97 Å². The Labute approximate surface area is 164 Å². The van der Waals surface area contributed by atoms with E-state index in [1.807, 2.05) is 18.2 Å². The second kappa shape index (κ2) is 9.55. The third-order valence-electron chi connectivity index (χ3n) is 4.62. The lowest BCUT2D eigenvalue weighted by Crippen LogP contribution is -2.36. The van der Waals surface area contributed by atoms with Crippen LogP contribution in [0.5, 0.6) is 5.75 Å². The predicted molar refractivity (Wildman–Crippen MR) is 104 cm³/mol. The van der Waals surface area contributed by atoms with Crippen LogP contribution in [0.4, 0.5) is 5.82 Å². The number of carbonyl (C=O) groups is 1. The number of benzene rings is 1. The van der Waals surface area contributed by atoms with Crippen LogP contribution in [-0.2, 0) is 4.74 Å². The maximum absolute atomic E-state index is 11.7. The molecule has 27 heavy (non-hydrogen) atoms. The van der Waals surface area contributed by atoms with Crippen LogP contribution in [-0.4, -0.2) is 42.5 Å². The molecule has 6 nitrogen and oxygen atoms in total. The lowest BCUT2D eigenvalue weighted by molar-refractivity contribution is 0.0526. The topological polar surface area (TPSA) is 64.6 Å². The fourth-order valence-corrected chi connectivity index (χ4v) is 3.33. The summed E-state index contributed by atoms with van der Waals surface area (Å²) < 4.78 is 10.8. The molecule has 0 saturated carbocycles. The molecule has 0 N–H and O–H groups in total. The Balaban J connectivity index is 1.46. The molecule has 1 fully saturated rings. The van der Waals surface area contributed by atoms with Crippen molar-refractivity contribution >= 4 is 23.4 Å². The average molecular weight is 390 g/mol. The first-order valence-electron chi connectivity index (χ1n) is 9.30. The van der Waals surface area contributed by atoms with Crippen molar-refractivity contribution in [3.8, 4) is 5.75 Å². The number of esters is 1. The molecule has 0 amide bonds. The zero-order valence-electron chi connectivity index (χ0n) is 15.4. The second-order valence-electron chi connectivity index (χ2n) is 6.55. The standard InChI is InChI=1S/C20H24ClN3O3/c1-2-26-20(25)16-5-7-17(8-6-16)27-13-11-15-4-3-12-24(14-15)19-10-9-18(21)22-23-19/h5-10,15H,2-4,11-14H2,1H3. The quantitative estimate of drug-likeness (QED) is 0.667. The molecule has 1 unspecified atom stereocenters. The zero-order chi connectivity index (χ0) is 19.1. The molecule has 144 valence electrons. The molecule has 0 aliphatic carbocycles. The molecular formula is C20H24ClN3O3. The normalized spacial score (nSPS) is 16.8. The summed E-state index contributed by atoms with van der Waals surface area (Å²) in [5, 5.41) is 8.51. The van der Waals surface area contributed by atoms with Gasteiger partial charge in [0, 0.05) is 13.1 Å². The minimum absolute atomic E-state index is 0.309. The molecule has 1 aliphatic rings. The first-order valence-corrected chi connectivity index (χ1v) is 9.67. The summed E-state index contributed by atoms with van der Waals surface area (Å²) in [6, 6.07) is 10.8. The predicted octanol–water partition coefficient (Wildman–Crippen LogP) is 3.99. The van der Waals surface area contributed by atoms with E-state index in [0.29, 0.717) is 29.8 Å². The van der Waals surface area contributed by atoms with Crippen molar-refractivity contribution in [3.05, 3.63) is 47.1 Å². The number of nitrogens with zero attached hydrogens (tertiary/aromatic N) is 3. The van der Waals surface area contributed by atoms with E-state index in [2.05, 4.69) is 15.1 Å². The molecule has 1 saturated heterocycles. The van der Waals surface area contributed by atoms with Crippen molar-refractivity contribution in [2.24, 2.45) is 5.92 Å². The molecule has 7 heteroatoms. The van der Waals surface area contributed by atoms with E-state index < -0.39 is 0 Å². The van der Waals surface area contributed by atoms with Crippen molar-refractivity contribution < 1.29 is 14.3 Å². The monoisotopic (exact) mass is 389 g/mol. The maximum Gasteiger partial charge on any atom is 0.338 e. The first kappa shape index (κ1) is 19.4. The Morgan fingerprint density at radius 1 is 1.22 bits per heavy atom. The van der Waals surface area contributed by atoms with E-state index in [0.717, 1.165) is 37.5 Å². The SMILES string of the molecule is CCOC(=O)c1ccc(OCCC2CCCN(c3ccc(Cl)nn3)C2)cc1. The van der Waals surface area contributed by atoms with Crippen LogP contribution in [0.1, 0.15) is 36.5 Å². The average Bonchev–Trinajstić information content (AvgIpc) is 2.69. The summed E-state index contributed by atoms with van der Waals surface area (Å²) >= 11 is 5.81. The summed E-state index contributed by atoms with van der Waals surface area (Å²) in [5.41, 5.74) is 0.538. The summed E-state index contributed by atoms with van der Waals surface area (Å²) in [6.45, 7) is 4.74. The van der Waals surface area contributed by atoms with Crippen molar-refractivity contribution in [1.82, 2.24) is 10.2 Å². The Morgan fingerprint density at radius 2 is 2.04 bits per heavy atom. The van der Waals surface area contributed by atoms with Crippen LogP contribution in [0, 0.1) is 5.92 Å². The number of halogens is 1. The Kier molecular flexibility index (Phi) is 6.87. The summed E-state index contributed by atoms with van der Waals surface area (Å²) in [4.78, 5) is 13.9. The van der Waals surface area contributed by atoms with Gasteiger partial charge in [0.2, 0.25) is 0 Å². The molecule has 2 aromatic rings. The van der Waals surface area contributed by atoms with Gasteiger partial charge in [0.25, 0.3) is 0 Å². The highest BCUT2D eigenvalue weighted by molar-refractivity contribution is 6.29. The highest BCUT2D eigenvalue weighted by Gasteiger charge is 2.21. The van der Waals surface area contributed by atoms with Crippen LogP contribution in [0.15, 0.2) is 36.4 Å². The molecule has 1 aliphatic heterocycles. The second-order valence-corrected chi connectivity index (χ2v) is 6.94. The molecule has 0 bridgehead atoms. The molecule has 0 spiro atoms. The number of ether oxygens (including phenoxy) is 2.